The molecule has 2 rings (SSSR count). The van der Waals surface area contributed by atoms with Gasteiger partial charge in [-0.15, -0.1) is 0 Å². The zero-order chi connectivity index (χ0) is 10.8. The predicted octanol–water partition coefficient (Wildman–Crippen LogP) is 4.65. The van der Waals surface area contributed by atoms with Crippen LogP contribution in [0.1, 0.15) is 46.0 Å². The molecule has 0 aromatic heterocycles. The number of hydrogen-bond donors (Lipinski definition) is 0. The zero-order valence-corrected chi connectivity index (χ0v) is 10.1. The Morgan fingerprint density at radius 3 is 2.93 bits per heavy atom. The molecule has 0 spiro atoms. The van der Waals surface area contributed by atoms with E-state index in [4.69, 9.17) is 0 Å². The monoisotopic (exact) mass is 202 g/mol. The van der Waals surface area contributed by atoms with E-state index in [-0.39, 0.29) is 0 Å². The highest BCUT2D eigenvalue weighted by Crippen LogP contribution is 2.40. The van der Waals surface area contributed by atoms with Gasteiger partial charge in [-0.1, -0.05) is 35.5 Å². The van der Waals surface area contributed by atoms with Gasteiger partial charge >= 0.3 is 0 Å². The predicted molar refractivity (Wildman–Crippen MR) is 66.7 cm³/mol. The van der Waals surface area contributed by atoms with Crippen LogP contribution in [-0.2, 0) is 0 Å². The summed E-state index contributed by atoms with van der Waals surface area (Å²) in [6.07, 6.45) is 11.4. The third kappa shape index (κ3) is 2.42. The summed E-state index contributed by atoms with van der Waals surface area (Å²) in [5.41, 5.74) is 4.65. The lowest BCUT2D eigenvalue weighted by Crippen LogP contribution is -2.21. The van der Waals surface area contributed by atoms with Gasteiger partial charge in [0.05, 0.1) is 0 Å². The van der Waals surface area contributed by atoms with Crippen LogP contribution in [0.4, 0.5) is 0 Å². The van der Waals surface area contributed by atoms with Gasteiger partial charge in [0.1, 0.15) is 0 Å². The smallest absolute Gasteiger partial charge is 0.0128 e. The summed E-state index contributed by atoms with van der Waals surface area (Å²) < 4.78 is 0. The van der Waals surface area contributed by atoms with Crippen molar-refractivity contribution in [2.24, 2.45) is 11.8 Å². The molecule has 0 unspecified atom stereocenters. The van der Waals surface area contributed by atoms with Crippen LogP contribution in [0.2, 0.25) is 0 Å². The molecule has 0 radical (unpaired) electrons. The lowest BCUT2D eigenvalue weighted by atomic mass is 9.72. The Kier molecular flexibility index (Phi) is 3.14. The van der Waals surface area contributed by atoms with Crippen molar-refractivity contribution in [2.75, 3.05) is 0 Å². The minimum Gasteiger partial charge on any atom is -0.0998 e. The fourth-order valence-electron chi connectivity index (χ4n) is 3.03. The maximum atomic E-state index is 4.16. The molecule has 15 heavy (non-hydrogen) atoms. The van der Waals surface area contributed by atoms with Crippen molar-refractivity contribution >= 4 is 0 Å². The minimum atomic E-state index is 0.732. The second-order valence-corrected chi connectivity index (χ2v) is 5.27. The van der Waals surface area contributed by atoms with E-state index in [9.17, 15) is 0 Å². The number of allylic oxidation sites excluding steroid dienone is 5. The number of fused-ring (bicyclic) bond motifs is 2. The molecule has 0 nitrogen and oxygen atoms in total. The SMILES string of the molecule is C=C(C)[C@H]1CC/C2=C/CC/C(C)=C\[C@H]1C2. The van der Waals surface area contributed by atoms with E-state index >= 15 is 0 Å². The van der Waals surface area contributed by atoms with Gasteiger partial charge in [-0.2, -0.15) is 0 Å². The van der Waals surface area contributed by atoms with Gasteiger partial charge in [-0.3, -0.25) is 0 Å². The van der Waals surface area contributed by atoms with E-state index in [1.54, 1.807) is 11.1 Å². The quantitative estimate of drug-likeness (QED) is 0.543. The van der Waals surface area contributed by atoms with E-state index in [1.807, 2.05) is 0 Å². The summed E-state index contributed by atoms with van der Waals surface area (Å²) >= 11 is 0. The second kappa shape index (κ2) is 4.38. The van der Waals surface area contributed by atoms with Crippen LogP contribution in [0, 0.1) is 11.8 Å². The summed E-state index contributed by atoms with van der Waals surface area (Å²) in [4.78, 5) is 0. The van der Waals surface area contributed by atoms with Gasteiger partial charge in [0.15, 0.2) is 0 Å². The van der Waals surface area contributed by atoms with E-state index in [1.165, 1.54) is 37.7 Å². The average molecular weight is 202 g/mol. The van der Waals surface area contributed by atoms with Crippen LogP contribution in [0.15, 0.2) is 35.5 Å². The van der Waals surface area contributed by atoms with Crippen molar-refractivity contribution in [1.82, 2.24) is 0 Å². The largest absolute Gasteiger partial charge is 0.0998 e. The molecule has 2 bridgehead atoms. The van der Waals surface area contributed by atoms with Crippen LogP contribution >= 0.6 is 0 Å². The van der Waals surface area contributed by atoms with E-state index in [2.05, 4.69) is 32.6 Å². The third-order valence-electron chi connectivity index (χ3n) is 3.89. The highest BCUT2D eigenvalue weighted by Gasteiger charge is 2.26. The van der Waals surface area contributed by atoms with E-state index < -0.39 is 0 Å². The molecule has 0 aliphatic heterocycles. The van der Waals surface area contributed by atoms with Crippen LogP contribution in [0.5, 0.6) is 0 Å². The molecule has 0 aromatic carbocycles. The summed E-state index contributed by atoms with van der Waals surface area (Å²) in [6, 6.07) is 0. The van der Waals surface area contributed by atoms with E-state index in [0.29, 0.717) is 0 Å². The van der Waals surface area contributed by atoms with Crippen molar-refractivity contribution in [3.05, 3.63) is 35.5 Å². The molecule has 0 saturated heterocycles. The topological polar surface area (TPSA) is 0 Å². The third-order valence-corrected chi connectivity index (χ3v) is 3.89. The van der Waals surface area contributed by atoms with Crippen molar-refractivity contribution in [2.45, 2.75) is 46.0 Å². The van der Waals surface area contributed by atoms with Gasteiger partial charge in [0.2, 0.25) is 0 Å². The van der Waals surface area contributed by atoms with E-state index in [0.717, 1.165) is 11.8 Å². The highest BCUT2D eigenvalue weighted by molar-refractivity contribution is 5.20. The molecule has 0 N–H and O–H groups in total. The van der Waals surface area contributed by atoms with Gasteiger partial charge < -0.3 is 0 Å². The maximum absolute atomic E-state index is 4.16. The van der Waals surface area contributed by atoms with Crippen LogP contribution < -0.4 is 0 Å². The molecular weight excluding hydrogens is 180 g/mol. The van der Waals surface area contributed by atoms with Crippen LogP contribution in [-0.4, -0.2) is 0 Å². The number of rotatable bonds is 1. The molecule has 1 saturated carbocycles. The van der Waals surface area contributed by atoms with Gasteiger partial charge in [-0.25, -0.2) is 0 Å². The first kappa shape index (κ1) is 10.7. The Bertz CT molecular complexity index is 317. The molecule has 0 amide bonds. The lowest BCUT2D eigenvalue weighted by Gasteiger charge is -2.33. The highest BCUT2D eigenvalue weighted by atomic mass is 14.3. The Labute approximate surface area is 93.8 Å². The van der Waals surface area contributed by atoms with Crippen molar-refractivity contribution in [3.63, 3.8) is 0 Å². The normalized spacial score (nSPS) is 38.0. The van der Waals surface area contributed by atoms with Gasteiger partial charge in [0.25, 0.3) is 0 Å². The Morgan fingerprint density at radius 2 is 2.20 bits per heavy atom. The standard InChI is InChI=1S/C15H22/c1-11(2)15-8-7-13-6-4-5-12(3)9-14(15)10-13/h6,9,14-15H,1,4-5,7-8,10H2,2-3H3/b12-9-,13-6-/t14-,15+/m0/s1. The second-order valence-electron chi connectivity index (χ2n) is 5.27. The Hall–Kier alpha value is -0.780. The first-order valence-corrected chi connectivity index (χ1v) is 6.17. The lowest BCUT2D eigenvalue weighted by molar-refractivity contribution is 0.372. The fourth-order valence-corrected chi connectivity index (χ4v) is 3.03. The summed E-state index contributed by atoms with van der Waals surface area (Å²) in [5, 5.41) is 0. The first-order chi connectivity index (χ1) is 7.16. The average Bonchev–Trinajstić information content (AvgIpc) is 2.15. The molecule has 82 valence electrons. The zero-order valence-electron chi connectivity index (χ0n) is 10.1. The molecule has 0 heteroatoms. The van der Waals surface area contributed by atoms with Crippen molar-refractivity contribution in [1.29, 1.82) is 0 Å². The van der Waals surface area contributed by atoms with Crippen molar-refractivity contribution in [3.8, 4) is 0 Å². The molecule has 1 fully saturated rings. The Balaban J connectivity index is 2.22. The van der Waals surface area contributed by atoms with Crippen LogP contribution in [0.3, 0.4) is 0 Å². The number of hydrogen-bond acceptors (Lipinski definition) is 0. The van der Waals surface area contributed by atoms with Gasteiger partial charge in [0, 0.05) is 0 Å². The summed E-state index contributed by atoms with van der Waals surface area (Å²) in [5.74, 6) is 1.47. The molecule has 2 aliphatic carbocycles. The van der Waals surface area contributed by atoms with Crippen molar-refractivity contribution < 1.29 is 0 Å². The van der Waals surface area contributed by atoms with Gasteiger partial charge in [-0.05, 0) is 57.8 Å². The first-order valence-electron chi connectivity index (χ1n) is 6.17. The summed E-state index contributed by atoms with van der Waals surface area (Å²) in [7, 11) is 0. The maximum Gasteiger partial charge on any atom is -0.0128 e. The Morgan fingerprint density at radius 1 is 1.40 bits per heavy atom. The fraction of sp³-hybridized carbons (Fsp3) is 0.600. The molecule has 0 heterocycles. The minimum absolute atomic E-state index is 0.732. The van der Waals surface area contributed by atoms with Crippen LogP contribution in [0.25, 0.3) is 0 Å². The summed E-state index contributed by atoms with van der Waals surface area (Å²) in [6.45, 7) is 8.63. The molecular formula is C15H22. The molecule has 0 aromatic rings. The molecule has 2 atom stereocenters. The molecule has 2 aliphatic rings.